The Morgan fingerprint density at radius 2 is 2.10 bits per heavy atom. The van der Waals surface area contributed by atoms with Crippen molar-refractivity contribution < 1.29 is 14.3 Å². The van der Waals surface area contributed by atoms with Gasteiger partial charge < -0.3 is 15.0 Å². The van der Waals surface area contributed by atoms with Gasteiger partial charge in [-0.25, -0.2) is 4.79 Å². The maximum absolute atomic E-state index is 12.0. The van der Waals surface area contributed by atoms with E-state index in [-0.39, 0.29) is 5.69 Å². The Kier molecular flexibility index (Phi) is 5.03. The Labute approximate surface area is 134 Å². The third-order valence-electron chi connectivity index (χ3n) is 2.65. The lowest BCUT2D eigenvalue weighted by atomic mass is 10.3. The van der Waals surface area contributed by atoms with Gasteiger partial charge in [-0.15, -0.1) is 0 Å². The molecular formula is C14H12BrClN2O3. The molecule has 0 spiro atoms. The van der Waals surface area contributed by atoms with Gasteiger partial charge in [0.05, 0.1) is 10.7 Å². The van der Waals surface area contributed by atoms with Crippen LogP contribution in [-0.2, 0) is 9.53 Å². The summed E-state index contributed by atoms with van der Waals surface area (Å²) in [5.74, 6) is -1.07. The third-order valence-corrected chi connectivity index (χ3v) is 3.44. The maximum Gasteiger partial charge on any atom is 0.355 e. The quantitative estimate of drug-likeness (QED) is 0.807. The average molecular weight is 372 g/mol. The van der Waals surface area contributed by atoms with Gasteiger partial charge in [0.2, 0.25) is 0 Å². The highest BCUT2D eigenvalue weighted by Crippen LogP contribution is 2.21. The first-order chi connectivity index (χ1) is 9.97. The van der Waals surface area contributed by atoms with Gasteiger partial charge in [0, 0.05) is 10.7 Å². The van der Waals surface area contributed by atoms with Gasteiger partial charge in [-0.3, -0.25) is 4.79 Å². The first-order valence-electron chi connectivity index (χ1n) is 6.07. The molecule has 0 aliphatic carbocycles. The number of hydrogen-bond donors (Lipinski definition) is 2. The minimum atomic E-state index is -0.948. The molecule has 5 nitrogen and oxygen atoms in total. The van der Waals surface area contributed by atoms with Crippen LogP contribution in [0.1, 0.15) is 17.4 Å². The zero-order valence-corrected chi connectivity index (χ0v) is 13.4. The highest BCUT2D eigenvalue weighted by molar-refractivity contribution is 9.10. The van der Waals surface area contributed by atoms with Crippen molar-refractivity contribution in [2.45, 2.75) is 13.0 Å². The van der Waals surface area contributed by atoms with Crippen LogP contribution in [0.15, 0.2) is 41.0 Å². The number of ether oxygens (including phenoxy) is 1. The zero-order chi connectivity index (χ0) is 15.4. The molecule has 7 heteroatoms. The Morgan fingerprint density at radius 1 is 1.38 bits per heavy atom. The summed E-state index contributed by atoms with van der Waals surface area (Å²) >= 11 is 9.16. The Hall–Kier alpha value is -1.79. The van der Waals surface area contributed by atoms with E-state index in [1.807, 2.05) is 0 Å². The van der Waals surface area contributed by atoms with E-state index in [1.165, 1.54) is 6.92 Å². The van der Waals surface area contributed by atoms with Crippen LogP contribution < -0.4 is 5.32 Å². The number of esters is 1. The van der Waals surface area contributed by atoms with Crippen LogP contribution in [-0.4, -0.2) is 23.0 Å². The molecule has 0 fully saturated rings. The molecule has 110 valence electrons. The number of halogens is 2. The van der Waals surface area contributed by atoms with Crippen molar-refractivity contribution in [1.82, 2.24) is 4.98 Å². The number of aromatic amines is 1. The molecule has 2 rings (SSSR count). The largest absolute Gasteiger partial charge is 0.448 e. The molecule has 0 saturated carbocycles. The molecule has 2 aromatic rings. The van der Waals surface area contributed by atoms with E-state index < -0.39 is 18.0 Å². The van der Waals surface area contributed by atoms with Gasteiger partial charge in [0.1, 0.15) is 5.69 Å². The second-order valence-electron chi connectivity index (χ2n) is 4.25. The number of H-pyrrole nitrogens is 1. The molecule has 1 unspecified atom stereocenters. The van der Waals surface area contributed by atoms with E-state index in [1.54, 1.807) is 36.5 Å². The summed E-state index contributed by atoms with van der Waals surface area (Å²) in [5.41, 5.74) is 0.731. The molecule has 1 aromatic carbocycles. The van der Waals surface area contributed by atoms with E-state index >= 15 is 0 Å². The predicted octanol–water partition coefficient (Wildman–Crippen LogP) is 3.61. The fourth-order valence-electron chi connectivity index (χ4n) is 1.56. The first kappa shape index (κ1) is 15.6. The number of carbonyl (C=O) groups excluding carboxylic acids is 2. The SMILES string of the molecule is CC(OC(=O)c1cc(Br)c[nH]1)C(=O)Nc1ccccc1Cl. The van der Waals surface area contributed by atoms with Crippen LogP contribution in [0.2, 0.25) is 5.02 Å². The average Bonchev–Trinajstić information content (AvgIpc) is 2.88. The van der Waals surface area contributed by atoms with Crippen molar-refractivity contribution in [3.8, 4) is 0 Å². The highest BCUT2D eigenvalue weighted by Gasteiger charge is 2.20. The van der Waals surface area contributed by atoms with Gasteiger partial charge >= 0.3 is 5.97 Å². The summed E-state index contributed by atoms with van der Waals surface area (Å²) in [4.78, 5) is 26.5. The van der Waals surface area contributed by atoms with Crippen molar-refractivity contribution >= 4 is 45.1 Å². The molecule has 21 heavy (non-hydrogen) atoms. The van der Waals surface area contributed by atoms with E-state index in [0.717, 1.165) is 4.47 Å². The minimum Gasteiger partial charge on any atom is -0.448 e. The van der Waals surface area contributed by atoms with Gasteiger partial charge in [-0.2, -0.15) is 0 Å². The lowest BCUT2D eigenvalue weighted by Crippen LogP contribution is -2.30. The van der Waals surface area contributed by atoms with Crippen molar-refractivity contribution in [2.75, 3.05) is 5.32 Å². The maximum atomic E-state index is 12.0. The van der Waals surface area contributed by atoms with Crippen LogP contribution in [0.5, 0.6) is 0 Å². The zero-order valence-electron chi connectivity index (χ0n) is 11.0. The van der Waals surface area contributed by atoms with Gasteiger partial charge in [-0.1, -0.05) is 23.7 Å². The molecule has 1 amide bonds. The van der Waals surface area contributed by atoms with E-state index in [9.17, 15) is 9.59 Å². The molecule has 1 heterocycles. The number of carbonyl (C=O) groups is 2. The Bertz CT molecular complexity index is 672. The van der Waals surface area contributed by atoms with Crippen LogP contribution in [0, 0.1) is 0 Å². The summed E-state index contributed by atoms with van der Waals surface area (Å²) in [6.07, 6.45) is 0.654. The van der Waals surface area contributed by atoms with Crippen molar-refractivity contribution in [1.29, 1.82) is 0 Å². The van der Waals surface area contributed by atoms with E-state index in [0.29, 0.717) is 10.7 Å². The number of anilines is 1. The molecule has 0 aliphatic heterocycles. The molecule has 0 radical (unpaired) electrons. The molecule has 1 atom stereocenters. The van der Waals surface area contributed by atoms with Crippen LogP contribution in [0.4, 0.5) is 5.69 Å². The summed E-state index contributed by atoms with van der Waals surface area (Å²) in [6.45, 7) is 1.49. The highest BCUT2D eigenvalue weighted by atomic mass is 79.9. The molecule has 0 saturated heterocycles. The monoisotopic (exact) mass is 370 g/mol. The fourth-order valence-corrected chi connectivity index (χ4v) is 2.09. The van der Waals surface area contributed by atoms with Gasteiger partial charge in [0.25, 0.3) is 5.91 Å². The van der Waals surface area contributed by atoms with Gasteiger partial charge in [0.15, 0.2) is 6.10 Å². The van der Waals surface area contributed by atoms with Crippen molar-refractivity contribution in [3.63, 3.8) is 0 Å². The number of aromatic nitrogens is 1. The molecular weight excluding hydrogens is 360 g/mol. The summed E-state index contributed by atoms with van der Waals surface area (Å²) < 4.78 is 5.80. The molecule has 2 N–H and O–H groups in total. The van der Waals surface area contributed by atoms with Crippen LogP contribution in [0.3, 0.4) is 0 Å². The van der Waals surface area contributed by atoms with E-state index in [2.05, 4.69) is 26.2 Å². The number of amides is 1. The fraction of sp³-hybridized carbons (Fsp3) is 0.143. The molecule has 0 bridgehead atoms. The molecule has 0 aliphatic rings. The van der Waals surface area contributed by atoms with Gasteiger partial charge in [-0.05, 0) is 41.1 Å². The third kappa shape index (κ3) is 4.09. The van der Waals surface area contributed by atoms with Crippen LogP contribution in [0.25, 0.3) is 0 Å². The number of nitrogens with one attached hydrogen (secondary N) is 2. The predicted molar refractivity (Wildman–Crippen MR) is 83.5 cm³/mol. The first-order valence-corrected chi connectivity index (χ1v) is 7.25. The number of para-hydroxylation sites is 1. The number of rotatable bonds is 4. The molecule has 1 aromatic heterocycles. The van der Waals surface area contributed by atoms with Crippen LogP contribution >= 0.6 is 27.5 Å². The van der Waals surface area contributed by atoms with E-state index in [4.69, 9.17) is 16.3 Å². The summed E-state index contributed by atoms with van der Waals surface area (Å²) in [7, 11) is 0. The lowest BCUT2D eigenvalue weighted by molar-refractivity contribution is -0.123. The number of hydrogen-bond acceptors (Lipinski definition) is 3. The summed E-state index contributed by atoms with van der Waals surface area (Å²) in [6, 6.07) is 8.39. The Balaban J connectivity index is 1.97. The minimum absolute atomic E-state index is 0.263. The summed E-state index contributed by atoms with van der Waals surface area (Å²) in [5, 5.41) is 3.02. The second-order valence-corrected chi connectivity index (χ2v) is 5.57. The number of benzene rings is 1. The Morgan fingerprint density at radius 3 is 2.71 bits per heavy atom. The second kappa shape index (κ2) is 6.78. The lowest BCUT2D eigenvalue weighted by Gasteiger charge is -2.13. The van der Waals surface area contributed by atoms with Crippen molar-refractivity contribution in [2.24, 2.45) is 0 Å². The smallest absolute Gasteiger partial charge is 0.355 e. The topological polar surface area (TPSA) is 71.2 Å². The van der Waals surface area contributed by atoms with Crippen molar-refractivity contribution in [3.05, 3.63) is 51.7 Å². The normalized spacial score (nSPS) is 11.8. The standard InChI is InChI=1S/C14H12BrClN2O3/c1-8(21-14(20)12-6-9(15)7-17-12)13(19)18-11-5-3-2-4-10(11)16/h2-8,17H,1H3,(H,18,19).